The minimum absolute atomic E-state index is 0.579. The molecule has 0 bridgehead atoms. The van der Waals surface area contributed by atoms with Gasteiger partial charge >= 0.3 is 0 Å². The highest BCUT2D eigenvalue weighted by molar-refractivity contribution is 5.38. The van der Waals surface area contributed by atoms with Crippen molar-refractivity contribution in [1.29, 1.82) is 0 Å². The fourth-order valence-electron chi connectivity index (χ4n) is 2.34. The number of rotatable bonds is 8. The molecule has 0 radical (unpaired) electrons. The summed E-state index contributed by atoms with van der Waals surface area (Å²) in [6.45, 7) is 7.62. The average molecular weight is 293 g/mol. The van der Waals surface area contributed by atoms with Crippen molar-refractivity contribution in [2.24, 2.45) is 5.92 Å². The van der Waals surface area contributed by atoms with Crippen LogP contribution >= 0.6 is 0 Å². The number of hydrogen-bond acceptors (Lipinski definition) is 5. The molecule has 1 aromatic rings. The zero-order valence-electron chi connectivity index (χ0n) is 13.2. The second-order valence-corrected chi connectivity index (χ2v) is 5.55. The Kier molecular flexibility index (Phi) is 6.73. The van der Waals surface area contributed by atoms with Crippen molar-refractivity contribution >= 4 is 5.82 Å². The van der Waals surface area contributed by atoms with Crippen molar-refractivity contribution in [3.63, 3.8) is 0 Å². The summed E-state index contributed by atoms with van der Waals surface area (Å²) in [5.74, 6) is 3.01. The summed E-state index contributed by atoms with van der Waals surface area (Å²) in [6, 6.07) is 1.91. The van der Waals surface area contributed by atoms with Crippen molar-refractivity contribution in [3.8, 4) is 5.88 Å². The number of aromatic nitrogens is 2. The minimum Gasteiger partial charge on any atom is -0.477 e. The van der Waals surface area contributed by atoms with Crippen molar-refractivity contribution < 1.29 is 9.47 Å². The van der Waals surface area contributed by atoms with E-state index in [1.54, 1.807) is 0 Å². The quantitative estimate of drug-likeness (QED) is 0.798. The van der Waals surface area contributed by atoms with Gasteiger partial charge in [0, 0.05) is 32.2 Å². The largest absolute Gasteiger partial charge is 0.477 e. The summed E-state index contributed by atoms with van der Waals surface area (Å²) < 4.78 is 11.3. The predicted molar refractivity (Wildman–Crippen MR) is 83.8 cm³/mol. The van der Waals surface area contributed by atoms with Gasteiger partial charge in [0.2, 0.25) is 5.88 Å². The second-order valence-electron chi connectivity index (χ2n) is 5.55. The number of aryl methyl sites for hydroxylation is 1. The fraction of sp³-hybridized carbons (Fsp3) is 0.750. The molecule has 0 amide bonds. The fourth-order valence-corrected chi connectivity index (χ4v) is 2.34. The molecule has 1 fully saturated rings. The molecule has 0 aromatic carbocycles. The smallest absolute Gasteiger partial charge is 0.218 e. The van der Waals surface area contributed by atoms with Gasteiger partial charge in [0.15, 0.2) is 0 Å². The van der Waals surface area contributed by atoms with E-state index in [2.05, 4.69) is 29.1 Å². The zero-order chi connectivity index (χ0) is 14.9. The van der Waals surface area contributed by atoms with Crippen LogP contribution in [0.3, 0.4) is 0 Å². The summed E-state index contributed by atoms with van der Waals surface area (Å²) in [6.07, 6.45) is 5.15. The monoisotopic (exact) mass is 293 g/mol. The number of nitrogens with one attached hydrogen (secondary N) is 1. The first-order chi connectivity index (χ1) is 10.3. The molecule has 2 heterocycles. The summed E-state index contributed by atoms with van der Waals surface area (Å²) in [7, 11) is 0. The Morgan fingerprint density at radius 3 is 2.76 bits per heavy atom. The molecule has 5 nitrogen and oxygen atoms in total. The number of nitrogens with zero attached hydrogens (tertiary/aromatic N) is 2. The lowest BCUT2D eigenvalue weighted by molar-refractivity contribution is 0.0490. The summed E-state index contributed by atoms with van der Waals surface area (Å²) in [5, 5.41) is 3.32. The van der Waals surface area contributed by atoms with Gasteiger partial charge in [0.25, 0.3) is 0 Å². The van der Waals surface area contributed by atoms with Gasteiger partial charge in [-0.05, 0) is 31.6 Å². The molecule has 5 heteroatoms. The highest BCUT2D eigenvalue weighted by Gasteiger charge is 2.15. The van der Waals surface area contributed by atoms with Crippen LogP contribution in [0.4, 0.5) is 5.82 Å². The van der Waals surface area contributed by atoms with Crippen LogP contribution in [0.2, 0.25) is 0 Å². The van der Waals surface area contributed by atoms with E-state index in [4.69, 9.17) is 9.47 Å². The Morgan fingerprint density at radius 1 is 1.24 bits per heavy atom. The van der Waals surface area contributed by atoms with E-state index in [1.807, 2.05) is 6.07 Å². The molecular weight excluding hydrogens is 266 g/mol. The molecule has 1 saturated heterocycles. The van der Waals surface area contributed by atoms with Gasteiger partial charge < -0.3 is 14.8 Å². The van der Waals surface area contributed by atoms with Crippen LogP contribution in [-0.2, 0) is 11.2 Å². The molecule has 0 aliphatic carbocycles. The molecule has 118 valence electrons. The standard InChI is InChI=1S/C16H27N3O2/c1-3-5-14-18-15(17-8-4-2)11-16(19-14)21-12-13-6-9-20-10-7-13/h11,13H,3-10,12H2,1-2H3,(H,17,18,19). The van der Waals surface area contributed by atoms with Crippen LogP contribution in [0.5, 0.6) is 5.88 Å². The highest BCUT2D eigenvalue weighted by atomic mass is 16.5. The number of hydrogen-bond donors (Lipinski definition) is 1. The molecule has 1 N–H and O–H groups in total. The average Bonchev–Trinajstić information content (AvgIpc) is 2.52. The first-order valence-electron chi connectivity index (χ1n) is 8.14. The molecule has 0 atom stereocenters. The first kappa shape index (κ1) is 16.0. The van der Waals surface area contributed by atoms with E-state index in [-0.39, 0.29) is 0 Å². The summed E-state index contributed by atoms with van der Waals surface area (Å²) in [4.78, 5) is 9.04. The van der Waals surface area contributed by atoms with Crippen molar-refractivity contribution in [2.45, 2.75) is 46.0 Å². The molecule has 0 unspecified atom stereocenters. The third kappa shape index (κ3) is 5.50. The van der Waals surface area contributed by atoms with Crippen molar-refractivity contribution in [1.82, 2.24) is 9.97 Å². The maximum atomic E-state index is 5.91. The zero-order valence-corrected chi connectivity index (χ0v) is 13.2. The molecule has 1 aliphatic heterocycles. The van der Waals surface area contributed by atoms with E-state index >= 15 is 0 Å². The van der Waals surface area contributed by atoms with Gasteiger partial charge in [-0.2, -0.15) is 4.98 Å². The summed E-state index contributed by atoms with van der Waals surface area (Å²) in [5.41, 5.74) is 0. The molecular formula is C16H27N3O2. The predicted octanol–water partition coefficient (Wildman–Crippen LogP) is 3.06. The molecule has 0 saturated carbocycles. The Labute approximate surface area is 127 Å². The van der Waals surface area contributed by atoms with Crippen LogP contribution in [0.15, 0.2) is 6.07 Å². The van der Waals surface area contributed by atoms with Gasteiger partial charge in [0.1, 0.15) is 11.6 Å². The first-order valence-corrected chi connectivity index (χ1v) is 8.14. The summed E-state index contributed by atoms with van der Waals surface area (Å²) >= 11 is 0. The van der Waals surface area contributed by atoms with Crippen LogP contribution in [0.25, 0.3) is 0 Å². The van der Waals surface area contributed by atoms with Gasteiger partial charge in [-0.1, -0.05) is 13.8 Å². The Hall–Kier alpha value is -1.36. The van der Waals surface area contributed by atoms with Crippen molar-refractivity contribution in [2.75, 3.05) is 31.7 Å². The lowest BCUT2D eigenvalue weighted by atomic mass is 10.0. The Bertz CT molecular complexity index is 420. The maximum absolute atomic E-state index is 5.91. The van der Waals surface area contributed by atoms with E-state index < -0.39 is 0 Å². The van der Waals surface area contributed by atoms with E-state index in [0.29, 0.717) is 11.8 Å². The van der Waals surface area contributed by atoms with E-state index in [0.717, 1.165) is 70.1 Å². The Morgan fingerprint density at radius 2 is 2.05 bits per heavy atom. The molecule has 1 aromatic heterocycles. The SMILES string of the molecule is CCCNc1cc(OCC2CCOCC2)nc(CCC)n1. The van der Waals surface area contributed by atoms with Gasteiger partial charge in [0.05, 0.1) is 6.61 Å². The second kappa shape index (κ2) is 8.82. The maximum Gasteiger partial charge on any atom is 0.218 e. The Balaban J connectivity index is 1.96. The van der Waals surface area contributed by atoms with E-state index in [1.165, 1.54) is 0 Å². The van der Waals surface area contributed by atoms with Gasteiger partial charge in [-0.15, -0.1) is 0 Å². The van der Waals surface area contributed by atoms with Gasteiger partial charge in [-0.25, -0.2) is 4.98 Å². The minimum atomic E-state index is 0.579. The molecule has 2 rings (SSSR count). The van der Waals surface area contributed by atoms with Gasteiger partial charge in [-0.3, -0.25) is 0 Å². The number of anilines is 1. The van der Waals surface area contributed by atoms with Crippen LogP contribution in [0.1, 0.15) is 45.4 Å². The lowest BCUT2D eigenvalue weighted by Crippen LogP contribution is -2.22. The normalized spacial score (nSPS) is 15.9. The lowest BCUT2D eigenvalue weighted by Gasteiger charge is -2.22. The molecule has 1 aliphatic rings. The molecule has 21 heavy (non-hydrogen) atoms. The third-order valence-corrected chi connectivity index (χ3v) is 3.59. The topological polar surface area (TPSA) is 56.3 Å². The highest BCUT2D eigenvalue weighted by Crippen LogP contribution is 2.19. The third-order valence-electron chi connectivity index (χ3n) is 3.59. The van der Waals surface area contributed by atoms with E-state index in [9.17, 15) is 0 Å². The van der Waals surface area contributed by atoms with Crippen LogP contribution < -0.4 is 10.1 Å². The number of ether oxygens (including phenoxy) is 2. The van der Waals surface area contributed by atoms with Crippen molar-refractivity contribution in [3.05, 3.63) is 11.9 Å². The van der Waals surface area contributed by atoms with Crippen LogP contribution in [0, 0.1) is 5.92 Å². The molecule has 0 spiro atoms. The van der Waals surface area contributed by atoms with Crippen LogP contribution in [-0.4, -0.2) is 36.3 Å².